The molecule has 1 heterocycles. The second-order valence-electron chi connectivity index (χ2n) is 3.35. The predicted molar refractivity (Wildman–Crippen MR) is 64.4 cm³/mol. The minimum absolute atomic E-state index is 0.0908. The quantitative estimate of drug-likeness (QED) is 0.752. The van der Waals surface area contributed by atoms with Crippen LogP contribution >= 0.6 is 0 Å². The van der Waals surface area contributed by atoms with E-state index in [0.717, 1.165) is 6.54 Å². The first-order chi connectivity index (χ1) is 7.51. The molecule has 0 unspecified atom stereocenters. The summed E-state index contributed by atoms with van der Waals surface area (Å²) in [5.41, 5.74) is 0. The van der Waals surface area contributed by atoms with E-state index in [-0.39, 0.29) is 5.75 Å². The fourth-order valence-corrected chi connectivity index (χ4v) is 1.54. The summed E-state index contributed by atoms with van der Waals surface area (Å²) in [7, 11) is -2.94. The first-order valence-corrected chi connectivity index (χ1v) is 7.06. The van der Waals surface area contributed by atoms with E-state index in [0.29, 0.717) is 18.3 Å². The number of rotatable bonds is 6. The van der Waals surface area contributed by atoms with Gasteiger partial charge in [-0.05, 0) is 13.0 Å². The van der Waals surface area contributed by atoms with Crippen molar-refractivity contribution in [3.05, 3.63) is 12.3 Å². The molecule has 2 N–H and O–H groups in total. The van der Waals surface area contributed by atoms with Gasteiger partial charge in [0.1, 0.15) is 15.7 Å². The van der Waals surface area contributed by atoms with Crippen LogP contribution in [0.4, 0.5) is 11.8 Å². The van der Waals surface area contributed by atoms with E-state index in [1.165, 1.54) is 6.26 Å². The van der Waals surface area contributed by atoms with Gasteiger partial charge in [-0.25, -0.2) is 13.4 Å². The van der Waals surface area contributed by atoms with Crippen LogP contribution in [0.1, 0.15) is 6.92 Å². The van der Waals surface area contributed by atoms with Gasteiger partial charge in [-0.3, -0.25) is 0 Å². The average Bonchev–Trinajstić information content (AvgIpc) is 2.17. The normalized spacial score (nSPS) is 11.1. The summed E-state index contributed by atoms with van der Waals surface area (Å²) in [6.45, 7) is 3.04. The van der Waals surface area contributed by atoms with Gasteiger partial charge in [-0.1, -0.05) is 0 Å². The minimum atomic E-state index is -2.94. The molecule has 0 aliphatic rings. The van der Waals surface area contributed by atoms with E-state index in [1.807, 2.05) is 6.92 Å². The van der Waals surface area contributed by atoms with Crippen molar-refractivity contribution in [2.45, 2.75) is 6.92 Å². The molecule has 0 bridgehead atoms. The van der Waals surface area contributed by atoms with Crippen molar-refractivity contribution in [1.82, 2.24) is 9.97 Å². The van der Waals surface area contributed by atoms with Crippen LogP contribution in [0.5, 0.6) is 0 Å². The summed E-state index contributed by atoms with van der Waals surface area (Å²) in [4.78, 5) is 8.16. The summed E-state index contributed by atoms with van der Waals surface area (Å²) in [6.07, 6.45) is 2.83. The molecule has 0 fully saturated rings. The van der Waals surface area contributed by atoms with Crippen LogP contribution in [0, 0.1) is 0 Å². The average molecular weight is 244 g/mol. The number of nitrogens with one attached hydrogen (secondary N) is 2. The lowest BCUT2D eigenvalue weighted by molar-refractivity contribution is 0.602. The molecule has 0 aliphatic carbocycles. The van der Waals surface area contributed by atoms with E-state index in [1.54, 1.807) is 12.3 Å². The number of hydrogen-bond acceptors (Lipinski definition) is 6. The van der Waals surface area contributed by atoms with Crippen molar-refractivity contribution < 1.29 is 8.42 Å². The van der Waals surface area contributed by atoms with Crippen molar-refractivity contribution in [2.24, 2.45) is 0 Å². The monoisotopic (exact) mass is 244 g/mol. The molecule has 0 aromatic carbocycles. The van der Waals surface area contributed by atoms with Crippen molar-refractivity contribution in [2.75, 3.05) is 35.7 Å². The number of nitrogens with zero attached hydrogens (tertiary/aromatic N) is 2. The van der Waals surface area contributed by atoms with Crippen molar-refractivity contribution in [3.8, 4) is 0 Å². The smallest absolute Gasteiger partial charge is 0.224 e. The summed E-state index contributed by atoms with van der Waals surface area (Å²) in [5, 5.41) is 5.90. The molecular formula is C9H16N4O2S. The maximum absolute atomic E-state index is 10.9. The second-order valence-corrected chi connectivity index (χ2v) is 5.61. The first kappa shape index (κ1) is 12.7. The van der Waals surface area contributed by atoms with E-state index >= 15 is 0 Å². The molecule has 6 nitrogen and oxygen atoms in total. The zero-order valence-corrected chi connectivity index (χ0v) is 10.2. The highest BCUT2D eigenvalue weighted by Crippen LogP contribution is 2.04. The summed E-state index contributed by atoms with van der Waals surface area (Å²) >= 11 is 0. The molecule has 1 aromatic rings. The van der Waals surface area contributed by atoms with Gasteiger partial charge >= 0.3 is 0 Å². The number of sulfone groups is 1. The number of hydrogen-bond donors (Lipinski definition) is 2. The standard InChI is InChI=1S/C9H16N4O2S/c1-3-10-9-12-5-4-8(13-9)11-6-7-16(2,14)15/h4-5H,3,6-7H2,1-2H3,(H2,10,11,12,13). The molecule has 90 valence electrons. The van der Waals surface area contributed by atoms with Crippen molar-refractivity contribution in [1.29, 1.82) is 0 Å². The van der Waals surface area contributed by atoms with Crippen molar-refractivity contribution in [3.63, 3.8) is 0 Å². The van der Waals surface area contributed by atoms with Crippen LogP contribution in [0.25, 0.3) is 0 Å². The maximum Gasteiger partial charge on any atom is 0.224 e. The topological polar surface area (TPSA) is 84.0 Å². The Bertz CT molecular complexity index is 433. The highest BCUT2D eigenvalue weighted by atomic mass is 32.2. The summed E-state index contributed by atoms with van der Waals surface area (Å²) in [5.74, 6) is 1.24. The molecule has 0 atom stereocenters. The molecule has 0 aliphatic heterocycles. The Morgan fingerprint density at radius 1 is 1.38 bits per heavy atom. The van der Waals surface area contributed by atoms with E-state index in [4.69, 9.17) is 0 Å². The van der Waals surface area contributed by atoms with Gasteiger partial charge < -0.3 is 10.6 Å². The van der Waals surface area contributed by atoms with Crippen LogP contribution < -0.4 is 10.6 Å². The fourth-order valence-electron chi connectivity index (χ4n) is 1.06. The minimum Gasteiger partial charge on any atom is -0.369 e. The van der Waals surface area contributed by atoms with Gasteiger partial charge in [0.2, 0.25) is 5.95 Å². The largest absolute Gasteiger partial charge is 0.369 e. The lowest BCUT2D eigenvalue weighted by atomic mass is 10.5. The highest BCUT2D eigenvalue weighted by Gasteiger charge is 2.02. The number of anilines is 2. The molecule has 1 aromatic heterocycles. The summed E-state index contributed by atoms with van der Waals surface area (Å²) < 4.78 is 21.8. The Morgan fingerprint density at radius 3 is 2.75 bits per heavy atom. The predicted octanol–water partition coefficient (Wildman–Crippen LogP) is 0.365. The molecule has 0 radical (unpaired) electrons. The van der Waals surface area contributed by atoms with E-state index in [2.05, 4.69) is 20.6 Å². The van der Waals surface area contributed by atoms with Crippen LogP contribution in [-0.2, 0) is 9.84 Å². The third-order valence-corrected chi connectivity index (χ3v) is 2.72. The lowest BCUT2D eigenvalue weighted by Gasteiger charge is -2.06. The van der Waals surface area contributed by atoms with Gasteiger partial charge in [0.15, 0.2) is 0 Å². The van der Waals surface area contributed by atoms with Gasteiger partial charge in [-0.2, -0.15) is 4.98 Å². The zero-order valence-electron chi connectivity index (χ0n) is 9.40. The third-order valence-electron chi connectivity index (χ3n) is 1.77. The Kier molecular flexibility index (Phi) is 4.48. The maximum atomic E-state index is 10.9. The molecule has 0 amide bonds. The molecule has 0 spiro atoms. The van der Waals surface area contributed by atoms with Gasteiger partial charge in [0.05, 0.1) is 5.75 Å². The van der Waals surface area contributed by atoms with Crippen molar-refractivity contribution >= 4 is 21.6 Å². The van der Waals surface area contributed by atoms with Gasteiger partial charge in [-0.15, -0.1) is 0 Å². The molecule has 16 heavy (non-hydrogen) atoms. The summed E-state index contributed by atoms with van der Waals surface area (Å²) in [6, 6.07) is 1.70. The Balaban J connectivity index is 2.51. The lowest BCUT2D eigenvalue weighted by Crippen LogP contribution is -2.15. The highest BCUT2D eigenvalue weighted by molar-refractivity contribution is 7.90. The van der Waals surface area contributed by atoms with Gasteiger partial charge in [0, 0.05) is 25.5 Å². The third kappa shape index (κ3) is 4.92. The zero-order chi connectivity index (χ0) is 12.0. The van der Waals surface area contributed by atoms with E-state index in [9.17, 15) is 8.42 Å². The molecule has 0 saturated carbocycles. The Hall–Kier alpha value is -1.37. The molecule has 1 rings (SSSR count). The van der Waals surface area contributed by atoms with E-state index < -0.39 is 9.84 Å². The molecule has 7 heteroatoms. The second kappa shape index (κ2) is 5.64. The van der Waals surface area contributed by atoms with Crippen LogP contribution in [0.15, 0.2) is 12.3 Å². The molecule has 0 saturated heterocycles. The van der Waals surface area contributed by atoms with Crippen LogP contribution in [0.2, 0.25) is 0 Å². The first-order valence-electron chi connectivity index (χ1n) is 5.00. The SMILES string of the molecule is CCNc1nccc(NCCS(C)(=O)=O)n1. The Labute approximate surface area is 95.4 Å². The van der Waals surface area contributed by atoms with Crippen LogP contribution in [-0.4, -0.2) is 43.5 Å². The number of aromatic nitrogens is 2. The van der Waals surface area contributed by atoms with Crippen LogP contribution in [0.3, 0.4) is 0 Å². The molecular weight excluding hydrogens is 228 g/mol. The fraction of sp³-hybridized carbons (Fsp3) is 0.556. The Morgan fingerprint density at radius 2 is 2.12 bits per heavy atom. The van der Waals surface area contributed by atoms with Gasteiger partial charge in [0.25, 0.3) is 0 Å².